The van der Waals surface area contributed by atoms with E-state index < -0.39 is 0 Å². The van der Waals surface area contributed by atoms with Crippen LogP contribution in [-0.4, -0.2) is 18.0 Å². The minimum absolute atomic E-state index is 0.0218. The van der Waals surface area contributed by atoms with Gasteiger partial charge in [-0.25, -0.2) is 0 Å². The maximum atomic E-state index is 12.4. The molecule has 0 radical (unpaired) electrons. The molecule has 1 aromatic carbocycles. The smallest absolute Gasteiger partial charge is 0.168 e. The average molecular weight is 253 g/mol. The summed E-state index contributed by atoms with van der Waals surface area (Å²) in [5, 5.41) is 0.600. The second-order valence-electron chi connectivity index (χ2n) is 4.81. The van der Waals surface area contributed by atoms with E-state index in [9.17, 15) is 4.79 Å². The molecule has 1 heterocycles. The minimum Gasteiger partial charge on any atom is -0.374 e. The van der Waals surface area contributed by atoms with Crippen LogP contribution in [0.3, 0.4) is 0 Å². The lowest BCUT2D eigenvalue weighted by Crippen LogP contribution is -2.26. The zero-order valence-corrected chi connectivity index (χ0v) is 11.1. The molecule has 0 aromatic heterocycles. The summed E-state index contributed by atoms with van der Waals surface area (Å²) in [5.74, 6) is 0.316. The van der Waals surface area contributed by atoms with E-state index in [4.69, 9.17) is 16.3 Å². The molecule has 4 atom stereocenters. The third-order valence-electron chi connectivity index (χ3n) is 3.65. The Kier molecular flexibility index (Phi) is 3.55. The van der Waals surface area contributed by atoms with Crippen LogP contribution in [0.4, 0.5) is 0 Å². The molecule has 1 saturated heterocycles. The van der Waals surface area contributed by atoms with Crippen molar-refractivity contribution in [3.05, 3.63) is 34.9 Å². The Hall–Kier alpha value is -0.860. The van der Waals surface area contributed by atoms with Crippen molar-refractivity contribution in [2.75, 3.05) is 0 Å². The van der Waals surface area contributed by atoms with E-state index in [1.807, 2.05) is 26.0 Å². The number of carbonyl (C=O) groups excluding carboxylic acids is 1. The van der Waals surface area contributed by atoms with Crippen molar-refractivity contribution in [2.45, 2.75) is 33.0 Å². The fourth-order valence-corrected chi connectivity index (χ4v) is 2.74. The van der Waals surface area contributed by atoms with Crippen LogP contribution in [0.15, 0.2) is 24.3 Å². The van der Waals surface area contributed by atoms with Gasteiger partial charge in [0.2, 0.25) is 0 Å². The lowest BCUT2D eigenvalue weighted by atomic mass is 9.83. The molecule has 0 bridgehead atoms. The highest BCUT2D eigenvalue weighted by Gasteiger charge is 2.41. The van der Waals surface area contributed by atoms with Crippen molar-refractivity contribution in [3.8, 4) is 0 Å². The summed E-state index contributed by atoms with van der Waals surface area (Å²) in [7, 11) is 0. The highest BCUT2D eigenvalue weighted by molar-refractivity contribution is 6.31. The third-order valence-corrected chi connectivity index (χ3v) is 3.89. The van der Waals surface area contributed by atoms with Crippen LogP contribution >= 0.6 is 11.6 Å². The zero-order chi connectivity index (χ0) is 12.6. The van der Waals surface area contributed by atoms with Crippen LogP contribution < -0.4 is 0 Å². The number of hydrogen-bond acceptors (Lipinski definition) is 2. The van der Waals surface area contributed by atoms with Crippen LogP contribution in [0.1, 0.15) is 31.1 Å². The Bertz CT molecular complexity index is 430. The summed E-state index contributed by atoms with van der Waals surface area (Å²) < 4.78 is 5.71. The molecule has 92 valence electrons. The van der Waals surface area contributed by atoms with Gasteiger partial charge in [0.1, 0.15) is 0 Å². The van der Waals surface area contributed by atoms with Crippen molar-refractivity contribution < 1.29 is 9.53 Å². The fourth-order valence-electron chi connectivity index (χ4n) is 2.55. The molecule has 2 nitrogen and oxygen atoms in total. The van der Waals surface area contributed by atoms with E-state index >= 15 is 0 Å². The second-order valence-corrected chi connectivity index (χ2v) is 5.24. The number of rotatable bonds is 2. The molecule has 1 aliphatic rings. The molecule has 0 amide bonds. The molecule has 0 spiro atoms. The van der Waals surface area contributed by atoms with Gasteiger partial charge in [0, 0.05) is 10.6 Å². The largest absolute Gasteiger partial charge is 0.374 e. The molecule has 1 fully saturated rings. The van der Waals surface area contributed by atoms with Crippen molar-refractivity contribution in [2.24, 2.45) is 11.8 Å². The zero-order valence-electron chi connectivity index (χ0n) is 10.3. The van der Waals surface area contributed by atoms with E-state index in [-0.39, 0.29) is 29.8 Å². The topological polar surface area (TPSA) is 26.3 Å². The van der Waals surface area contributed by atoms with Crippen molar-refractivity contribution in [1.29, 1.82) is 0 Å². The Morgan fingerprint density at radius 2 is 1.94 bits per heavy atom. The quantitative estimate of drug-likeness (QED) is 0.752. The molecule has 0 aliphatic carbocycles. The second kappa shape index (κ2) is 4.79. The number of carbonyl (C=O) groups is 1. The number of ether oxygens (including phenoxy) is 1. The Balaban J connectivity index is 2.26. The van der Waals surface area contributed by atoms with E-state index in [1.165, 1.54) is 0 Å². The lowest BCUT2D eigenvalue weighted by Gasteiger charge is -2.17. The number of halogens is 1. The van der Waals surface area contributed by atoms with E-state index in [2.05, 4.69) is 6.92 Å². The van der Waals surface area contributed by atoms with Crippen molar-refractivity contribution in [1.82, 2.24) is 0 Å². The van der Waals surface area contributed by atoms with Crippen molar-refractivity contribution >= 4 is 17.4 Å². The van der Waals surface area contributed by atoms with Crippen LogP contribution in [0.5, 0.6) is 0 Å². The van der Waals surface area contributed by atoms with Gasteiger partial charge in [-0.15, -0.1) is 0 Å². The Morgan fingerprint density at radius 1 is 1.24 bits per heavy atom. The molecule has 0 saturated carbocycles. The molecular weight excluding hydrogens is 236 g/mol. The molecule has 1 aromatic rings. The first-order valence-corrected chi connectivity index (χ1v) is 6.33. The lowest BCUT2D eigenvalue weighted by molar-refractivity contribution is 0.0491. The number of Topliss-reactive ketones (excluding diaryl/α,β-unsaturated/α-hetero) is 1. The van der Waals surface area contributed by atoms with Crippen molar-refractivity contribution in [3.63, 3.8) is 0 Å². The first-order valence-electron chi connectivity index (χ1n) is 5.96. The number of ketones is 1. The number of benzene rings is 1. The van der Waals surface area contributed by atoms with Gasteiger partial charge >= 0.3 is 0 Å². The predicted octanol–water partition coefficient (Wildman–Crippen LogP) is 3.58. The maximum absolute atomic E-state index is 12.4. The SMILES string of the molecule is CC1OC(C)C(C(=O)c2cccc(Cl)c2)C1C. The third kappa shape index (κ3) is 2.38. The van der Waals surface area contributed by atoms with Gasteiger partial charge in [-0.3, -0.25) is 4.79 Å². The summed E-state index contributed by atoms with van der Waals surface area (Å²) in [6.07, 6.45) is 0.115. The molecule has 4 unspecified atom stereocenters. The van der Waals surface area contributed by atoms with E-state index in [0.717, 1.165) is 0 Å². The highest BCUT2D eigenvalue weighted by atomic mass is 35.5. The fraction of sp³-hybridized carbons (Fsp3) is 0.500. The first kappa shape index (κ1) is 12.6. The molecule has 1 aliphatic heterocycles. The van der Waals surface area contributed by atoms with Gasteiger partial charge in [0.15, 0.2) is 5.78 Å². The van der Waals surface area contributed by atoms with Gasteiger partial charge in [-0.1, -0.05) is 30.7 Å². The maximum Gasteiger partial charge on any atom is 0.168 e. The summed E-state index contributed by atoms with van der Waals surface area (Å²) in [6.45, 7) is 6.06. The Labute approximate surface area is 107 Å². The van der Waals surface area contributed by atoms with Crippen LogP contribution in [0, 0.1) is 11.8 Å². The average Bonchev–Trinajstić information content (AvgIpc) is 2.52. The normalized spacial score (nSPS) is 32.7. The molecule has 17 heavy (non-hydrogen) atoms. The molecule has 3 heteroatoms. The van der Waals surface area contributed by atoms with Gasteiger partial charge in [0.05, 0.1) is 18.1 Å². The standard InChI is InChI=1S/C14H17ClO2/c1-8-9(2)17-10(3)13(8)14(16)11-5-4-6-12(15)7-11/h4-10,13H,1-3H3. The predicted molar refractivity (Wildman–Crippen MR) is 68.4 cm³/mol. The summed E-state index contributed by atoms with van der Waals surface area (Å²) in [6, 6.07) is 7.13. The molecular formula is C14H17ClO2. The summed E-state index contributed by atoms with van der Waals surface area (Å²) in [5.41, 5.74) is 0.680. The number of hydrogen-bond donors (Lipinski definition) is 0. The Morgan fingerprint density at radius 3 is 2.47 bits per heavy atom. The molecule has 0 N–H and O–H groups in total. The molecule has 2 rings (SSSR count). The van der Waals surface area contributed by atoms with Gasteiger partial charge in [0.25, 0.3) is 0 Å². The monoisotopic (exact) mass is 252 g/mol. The van der Waals surface area contributed by atoms with Gasteiger partial charge in [-0.2, -0.15) is 0 Å². The van der Waals surface area contributed by atoms with Crippen LogP contribution in [-0.2, 0) is 4.74 Å². The van der Waals surface area contributed by atoms with Gasteiger partial charge in [-0.05, 0) is 31.9 Å². The first-order chi connectivity index (χ1) is 8.00. The van der Waals surface area contributed by atoms with Crippen LogP contribution in [0.2, 0.25) is 5.02 Å². The van der Waals surface area contributed by atoms with Crippen LogP contribution in [0.25, 0.3) is 0 Å². The minimum atomic E-state index is -0.0662. The highest BCUT2D eigenvalue weighted by Crippen LogP contribution is 2.34. The van der Waals surface area contributed by atoms with Gasteiger partial charge < -0.3 is 4.74 Å². The van der Waals surface area contributed by atoms with E-state index in [0.29, 0.717) is 10.6 Å². The summed E-state index contributed by atoms with van der Waals surface area (Å²) >= 11 is 5.91. The summed E-state index contributed by atoms with van der Waals surface area (Å²) in [4.78, 5) is 12.4. The van der Waals surface area contributed by atoms with E-state index in [1.54, 1.807) is 12.1 Å².